The quantitative estimate of drug-likeness (QED) is 0.550. The number of aromatic nitrogens is 2. The number of amides is 1. The molecule has 1 aliphatic heterocycles. The lowest BCUT2D eigenvalue weighted by Crippen LogP contribution is -2.30. The number of rotatable bonds is 7. The Morgan fingerprint density at radius 1 is 1.14 bits per heavy atom. The van der Waals surface area contributed by atoms with Crippen LogP contribution in [0, 0.1) is 18.6 Å². The molecule has 1 fully saturated rings. The highest BCUT2D eigenvalue weighted by Crippen LogP contribution is 2.20. The van der Waals surface area contributed by atoms with Gasteiger partial charge in [0.1, 0.15) is 29.1 Å². The molecule has 3 rings (SSSR count). The summed E-state index contributed by atoms with van der Waals surface area (Å²) in [5.41, 5.74) is 0.0278. The Labute approximate surface area is 169 Å². The molecule has 1 aromatic heterocycles. The van der Waals surface area contributed by atoms with Crippen LogP contribution in [0.15, 0.2) is 30.3 Å². The van der Waals surface area contributed by atoms with E-state index in [1.807, 2.05) is 13.0 Å². The molecule has 6 nitrogen and oxygen atoms in total. The fourth-order valence-corrected chi connectivity index (χ4v) is 3.17. The van der Waals surface area contributed by atoms with Crippen molar-refractivity contribution >= 4 is 23.6 Å². The SMILES string of the molecule is Cc1nc(NCCNC(=O)/C=C/c2cc(F)ccc2F)cc(N2CCCCC2)n1. The van der Waals surface area contributed by atoms with Gasteiger partial charge < -0.3 is 15.5 Å². The summed E-state index contributed by atoms with van der Waals surface area (Å²) < 4.78 is 26.7. The maximum Gasteiger partial charge on any atom is 0.244 e. The summed E-state index contributed by atoms with van der Waals surface area (Å²) >= 11 is 0. The molecule has 0 saturated carbocycles. The van der Waals surface area contributed by atoms with Crippen molar-refractivity contribution in [2.75, 3.05) is 36.4 Å². The molecule has 8 heteroatoms. The van der Waals surface area contributed by atoms with E-state index >= 15 is 0 Å². The average molecular weight is 401 g/mol. The molecule has 1 aromatic carbocycles. The number of aryl methyl sites for hydroxylation is 1. The second-order valence-corrected chi connectivity index (χ2v) is 6.92. The molecule has 0 atom stereocenters. The van der Waals surface area contributed by atoms with E-state index in [-0.39, 0.29) is 11.5 Å². The second-order valence-electron chi connectivity index (χ2n) is 6.92. The van der Waals surface area contributed by atoms with E-state index < -0.39 is 11.6 Å². The summed E-state index contributed by atoms with van der Waals surface area (Å²) in [6.07, 6.45) is 6.03. The molecular formula is C21H25F2N5O. The first-order valence-electron chi connectivity index (χ1n) is 9.77. The average Bonchev–Trinajstić information content (AvgIpc) is 2.72. The lowest BCUT2D eigenvalue weighted by Gasteiger charge is -2.28. The highest BCUT2D eigenvalue weighted by molar-refractivity contribution is 5.91. The molecule has 2 heterocycles. The first-order valence-corrected chi connectivity index (χ1v) is 9.77. The van der Waals surface area contributed by atoms with Gasteiger partial charge >= 0.3 is 0 Å². The van der Waals surface area contributed by atoms with Crippen LogP contribution in [0.1, 0.15) is 30.7 Å². The largest absolute Gasteiger partial charge is 0.368 e. The van der Waals surface area contributed by atoms with Gasteiger partial charge in [-0.1, -0.05) is 0 Å². The van der Waals surface area contributed by atoms with Gasteiger partial charge in [0.05, 0.1) is 0 Å². The Kier molecular flexibility index (Phi) is 7.10. The number of nitrogens with zero attached hydrogens (tertiary/aromatic N) is 3. The van der Waals surface area contributed by atoms with Gasteiger partial charge in [0, 0.05) is 43.9 Å². The van der Waals surface area contributed by atoms with Crippen LogP contribution in [0.2, 0.25) is 0 Å². The number of hydrogen-bond donors (Lipinski definition) is 2. The van der Waals surface area contributed by atoms with Crippen molar-refractivity contribution in [1.82, 2.24) is 15.3 Å². The number of hydrogen-bond acceptors (Lipinski definition) is 5. The highest BCUT2D eigenvalue weighted by Gasteiger charge is 2.13. The third-order valence-electron chi connectivity index (χ3n) is 4.61. The minimum Gasteiger partial charge on any atom is -0.368 e. The standard InChI is InChI=1S/C21H25F2N5O/c1-15-26-19(14-20(27-15)28-11-3-2-4-12-28)24-9-10-25-21(29)8-5-16-13-17(22)6-7-18(16)23/h5-8,13-14H,2-4,9-12H2,1H3,(H,25,29)(H,24,26,27)/b8-5+. The predicted octanol–water partition coefficient (Wildman–Crippen LogP) is 3.30. The Hall–Kier alpha value is -3.03. The van der Waals surface area contributed by atoms with E-state index in [4.69, 9.17) is 0 Å². The molecule has 0 radical (unpaired) electrons. The third kappa shape index (κ3) is 6.23. The van der Waals surface area contributed by atoms with Crippen molar-refractivity contribution in [2.24, 2.45) is 0 Å². The van der Waals surface area contributed by atoms with E-state index in [2.05, 4.69) is 25.5 Å². The van der Waals surface area contributed by atoms with Crippen molar-refractivity contribution in [2.45, 2.75) is 26.2 Å². The number of benzene rings is 1. The molecule has 29 heavy (non-hydrogen) atoms. The maximum absolute atomic E-state index is 13.5. The molecule has 2 N–H and O–H groups in total. The van der Waals surface area contributed by atoms with Gasteiger partial charge in [-0.25, -0.2) is 18.7 Å². The van der Waals surface area contributed by atoms with Crippen LogP contribution in [0.5, 0.6) is 0 Å². The van der Waals surface area contributed by atoms with Crippen molar-refractivity contribution in [3.8, 4) is 0 Å². The molecule has 0 aliphatic carbocycles. The number of carbonyl (C=O) groups excluding carboxylic acids is 1. The first kappa shape index (κ1) is 20.7. The van der Waals surface area contributed by atoms with Gasteiger partial charge in [-0.2, -0.15) is 0 Å². The summed E-state index contributed by atoms with van der Waals surface area (Å²) in [5, 5.41) is 5.88. The second kappa shape index (κ2) is 9.95. The number of nitrogens with one attached hydrogen (secondary N) is 2. The lowest BCUT2D eigenvalue weighted by molar-refractivity contribution is -0.116. The van der Waals surface area contributed by atoms with Gasteiger partial charge in [-0.3, -0.25) is 4.79 Å². The van der Waals surface area contributed by atoms with Crippen LogP contribution >= 0.6 is 0 Å². The highest BCUT2D eigenvalue weighted by atomic mass is 19.1. The van der Waals surface area contributed by atoms with Crippen LogP contribution < -0.4 is 15.5 Å². The zero-order chi connectivity index (χ0) is 20.6. The summed E-state index contributed by atoms with van der Waals surface area (Å²) in [6, 6.07) is 5.02. The fourth-order valence-electron chi connectivity index (χ4n) is 3.17. The Morgan fingerprint density at radius 3 is 2.72 bits per heavy atom. The summed E-state index contributed by atoms with van der Waals surface area (Å²) in [4.78, 5) is 23.0. The zero-order valence-electron chi connectivity index (χ0n) is 16.4. The number of halogens is 2. The topological polar surface area (TPSA) is 70.2 Å². The van der Waals surface area contributed by atoms with Gasteiger partial charge in [0.15, 0.2) is 0 Å². The molecule has 2 aromatic rings. The Balaban J connectivity index is 1.47. The van der Waals surface area contributed by atoms with Gasteiger partial charge in [-0.05, 0) is 50.5 Å². The van der Waals surface area contributed by atoms with Crippen molar-refractivity contribution in [1.29, 1.82) is 0 Å². The maximum atomic E-state index is 13.5. The third-order valence-corrected chi connectivity index (χ3v) is 4.61. The van der Waals surface area contributed by atoms with E-state index in [1.165, 1.54) is 31.4 Å². The van der Waals surface area contributed by atoms with E-state index in [0.29, 0.717) is 24.7 Å². The fraction of sp³-hybridized carbons (Fsp3) is 0.381. The summed E-state index contributed by atoms with van der Waals surface area (Å²) in [5.74, 6) is 0.803. The van der Waals surface area contributed by atoms with E-state index in [9.17, 15) is 13.6 Å². The smallest absolute Gasteiger partial charge is 0.244 e. The van der Waals surface area contributed by atoms with Gasteiger partial charge in [-0.15, -0.1) is 0 Å². The van der Waals surface area contributed by atoms with Crippen molar-refractivity contribution < 1.29 is 13.6 Å². The molecule has 154 valence electrons. The molecule has 0 bridgehead atoms. The normalized spacial score (nSPS) is 14.2. The summed E-state index contributed by atoms with van der Waals surface area (Å²) in [6.45, 7) is 4.70. The minimum absolute atomic E-state index is 0.0278. The number of carbonyl (C=O) groups is 1. The van der Waals surface area contributed by atoms with E-state index in [1.54, 1.807) is 0 Å². The monoisotopic (exact) mass is 401 g/mol. The molecule has 1 amide bonds. The van der Waals surface area contributed by atoms with Crippen molar-refractivity contribution in [3.63, 3.8) is 0 Å². The van der Waals surface area contributed by atoms with Gasteiger partial charge in [0.25, 0.3) is 0 Å². The number of anilines is 2. The molecular weight excluding hydrogens is 376 g/mol. The molecule has 1 aliphatic rings. The molecule has 0 unspecified atom stereocenters. The Morgan fingerprint density at radius 2 is 1.93 bits per heavy atom. The van der Waals surface area contributed by atoms with Crippen LogP contribution in [0.3, 0.4) is 0 Å². The predicted molar refractivity (Wildman–Crippen MR) is 110 cm³/mol. The van der Waals surface area contributed by atoms with Crippen LogP contribution in [0.4, 0.5) is 20.4 Å². The zero-order valence-corrected chi connectivity index (χ0v) is 16.4. The van der Waals surface area contributed by atoms with Crippen LogP contribution in [-0.4, -0.2) is 42.1 Å². The Bertz CT molecular complexity index is 881. The molecule has 0 spiro atoms. The first-order chi connectivity index (χ1) is 14.0. The van der Waals surface area contributed by atoms with Gasteiger partial charge in [0.2, 0.25) is 5.91 Å². The van der Waals surface area contributed by atoms with Crippen LogP contribution in [-0.2, 0) is 4.79 Å². The minimum atomic E-state index is -0.583. The van der Waals surface area contributed by atoms with Crippen molar-refractivity contribution in [3.05, 3.63) is 53.4 Å². The van der Waals surface area contributed by atoms with E-state index in [0.717, 1.165) is 37.1 Å². The number of piperidine rings is 1. The molecule has 1 saturated heterocycles. The summed E-state index contributed by atoms with van der Waals surface area (Å²) in [7, 11) is 0. The van der Waals surface area contributed by atoms with Crippen LogP contribution in [0.25, 0.3) is 6.08 Å². The lowest BCUT2D eigenvalue weighted by atomic mass is 10.1.